The molecule has 0 aromatic rings. The molecule has 1 fully saturated rings. The van der Waals surface area contributed by atoms with E-state index in [4.69, 9.17) is 5.11 Å². The third kappa shape index (κ3) is 5.96. The van der Waals surface area contributed by atoms with Crippen LogP contribution in [0.25, 0.3) is 0 Å². The normalized spacial score (nSPS) is 16.9. The zero-order valence-corrected chi connectivity index (χ0v) is 11.8. The largest absolute Gasteiger partial charge is 0.480 e. The molecule has 1 aliphatic rings. The van der Waals surface area contributed by atoms with Gasteiger partial charge in [0.2, 0.25) is 5.91 Å². The van der Waals surface area contributed by atoms with Crippen molar-refractivity contribution >= 4 is 29.7 Å². The van der Waals surface area contributed by atoms with Gasteiger partial charge in [-0.25, -0.2) is 4.79 Å². The number of amides is 3. The van der Waals surface area contributed by atoms with E-state index in [0.29, 0.717) is 6.42 Å². The molecule has 1 rings (SSSR count). The first kappa shape index (κ1) is 15.8. The molecule has 0 saturated heterocycles. The van der Waals surface area contributed by atoms with E-state index in [1.165, 1.54) is 0 Å². The maximum absolute atomic E-state index is 11.5. The Balaban J connectivity index is 2.22. The molecule has 0 bridgehead atoms. The molecule has 1 saturated carbocycles. The van der Waals surface area contributed by atoms with Crippen molar-refractivity contribution < 1.29 is 19.5 Å². The Morgan fingerprint density at radius 1 is 1.32 bits per heavy atom. The smallest absolute Gasteiger partial charge is 0.321 e. The summed E-state index contributed by atoms with van der Waals surface area (Å²) in [5, 5.41) is 13.2. The molecule has 1 unspecified atom stereocenters. The van der Waals surface area contributed by atoms with Gasteiger partial charge in [-0.15, -0.1) is 11.8 Å². The van der Waals surface area contributed by atoms with Crippen LogP contribution in [-0.4, -0.2) is 40.1 Å². The highest BCUT2D eigenvalue weighted by molar-refractivity contribution is 8.01. The number of hydrogen-bond acceptors (Lipinski definition) is 4. The second-order valence-corrected chi connectivity index (χ2v) is 5.74. The van der Waals surface area contributed by atoms with E-state index in [0.717, 1.165) is 37.4 Å². The summed E-state index contributed by atoms with van der Waals surface area (Å²) < 4.78 is 0. The molecule has 0 spiro atoms. The summed E-state index contributed by atoms with van der Waals surface area (Å²) in [7, 11) is 0. The van der Waals surface area contributed by atoms with Crippen molar-refractivity contribution in [1.29, 1.82) is 0 Å². The van der Waals surface area contributed by atoms with Crippen LogP contribution in [0.4, 0.5) is 4.79 Å². The van der Waals surface area contributed by atoms with E-state index in [1.54, 1.807) is 6.92 Å². The van der Waals surface area contributed by atoms with Crippen molar-refractivity contribution in [3.05, 3.63) is 0 Å². The first-order chi connectivity index (χ1) is 9.02. The molecule has 1 aliphatic carbocycles. The predicted molar refractivity (Wildman–Crippen MR) is 73.1 cm³/mol. The maximum Gasteiger partial charge on any atom is 0.321 e. The van der Waals surface area contributed by atoms with E-state index in [1.807, 2.05) is 0 Å². The predicted octanol–water partition coefficient (Wildman–Crippen LogP) is 1.35. The van der Waals surface area contributed by atoms with Gasteiger partial charge in [0.15, 0.2) is 0 Å². The van der Waals surface area contributed by atoms with E-state index >= 15 is 0 Å². The maximum atomic E-state index is 11.5. The van der Waals surface area contributed by atoms with Crippen LogP contribution in [0.15, 0.2) is 0 Å². The van der Waals surface area contributed by atoms with Crippen LogP contribution in [0.2, 0.25) is 0 Å². The summed E-state index contributed by atoms with van der Waals surface area (Å²) in [6, 6.07) is -0.330. The monoisotopic (exact) mass is 288 g/mol. The molecule has 3 N–H and O–H groups in total. The summed E-state index contributed by atoms with van der Waals surface area (Å²) in [5.41, 5.74) is 0. The molecule has 0 radical (unpaired) electrons. The summed E-state index contributed by atoms with van der Waals surface area (Å²) in [6.45, 7) is 1.75. The van der Waals surface area contributed by atoms with Gasteiger partial charge in [0, 0.05) is 6.04 Å². The van der Waals surface area contributed by atoms with Crippen molar-refractivity contribution in [2.75, 3.05) is 5.75 Å². The average Bonchev–Trinajstić information content (AvgIpc) is 2.81. The van der Waals surface area contributed by atoms with Crippen molar-refractivity contribution in [2.24, 2.45) is 0 Å². The van der Waals surface area contributed by atoms with Crippen molar-refractivity contribution in [2.45, 2.75) is 50.3 Å². The second-order valence-electron chi connectivity index (χ2n) is 4.55. The first-order valence-corrected chi connectivity index (χ1v) is 7.52. The van der Waals surface area contributed by atoms with Crippen molar-refractivity contribution in [3.63, 3.8) is 0 Å². The molecule has 7 heteroatoms. The van der Waals surface area contributed by atoms with Gasteiger partial charge in [-0.3, -0.25) is 14.9 Å². The van der Waals surface area contributed by atoms with Gasteiger partial charge in [0.05, 0.1) is 5.75 Å². The number of thioether (sulfide) groups is 1. The molecule has 19 heavy (non-hydrogen) atoms. The molecule has 1 atom stereocenters. The highest BCUT2D eigenvalue weighted by Crippen LogP contribution is 2.17. The van der Waals surface area contributed by atoms with Gasteiger partial charge in [-0.1, -0.05) is 19.8 Å². The van der Waals surface area contributed by atoms with Crippen LogP contribution in [-0.2, 0) is 9.59 Å². The van der Waals surface area contributed by atoms with Crippen LogP contribution in [0.5, 0.6) is 0 Å². The van der Waals surface area contributed by atoms with E-state index < -0.39 is 23.2 Å². The number of aliphatic carboxylic acids is 1. The lowest BCUT2D eigenvalue weighted by Gasteiger charge is -2.13. The van der Waals surface area contributed by atoms with Crippen LogP contribution < -0.4 is 10.6 Å². The van der Waals surface area contributed by atoms with Crippen LogP contribution in [0, 0.1) is 0 Å². The molecule has 6 nitrogen and oxygen atoms in total. The fourth-order valence-corrected chi connectivity index (χ4v) is 2.80. The van der Waals surface area contributed by atoms with Crippen LogP contribution in [0.3, 0.4) is 0 Å². The molecular weight excluding hydrogens is 268 g/mol. The molecular formula is C12H20N2O4S. The van der Waals surface area contributed by atoms with E-state index in [2.05, 4.69) is 10.6 Å². The summed E-state index contributed by atoms with van der Waals surface area (Å²) >= 11 is 1.03. The summed E-state index contributed by atoms with van der Waals surface area (Å²) in [4.78, 5) is 33.7. The highest BCUT2D eigenvalue weighted by Gasteiger charge is 2.20. The Kier molecular flexibility index (Phi) is 6.69. The minimum atomic E-state index is -0.935. The summed E-state index contributed by atoms with van der Waals surface area (Å²) in [6.07, 6.45) is 4.55. The quantitative estimate of drug-likeness (QED) is 0.685. The fourth-order valence-electron chi connectivity index (χ4n) is 1.99. The molecule has 3 amide bonds. The third-order valence-corrected chi connectivity index (χ3v) is 4.37. The molecule has 0 aromatic carbocycles. The number of carboxylic acids is 1. The van der Waals surface area contributed by atoms with Crippen molar-refractivity contribution in [3.8, 4) is 0 Å². The number of hydrogen-bond donors (Lipinski definition) is 3. The van der Waals surface area contributed by atoms with Gasteiger partial charge < -0.3 is 10.4 Å². The zero-order valence-electron chi connectivity index (χ0n) is 11.0. The Morgan fingerprint density at radius 3 is 2.47 bits per heavy atom. The number of carboxylic acid groups (broad SMARTS) is 1. The Bertz CT molecular complexity index is 343. The molecule has 0 aliphatic heterocycles. The second kappa shape index (κ2) is 8.04. The lowest BCUT2D eigenvalue weighted by atomic mass is 10.2. The average molecular weight is 288 g/mol. The lowest BCUT2D eigenvalue weighted by molar-refractivity contribution is -0.136. The number of urea groups is 1. The first-order valence-electron chi connectivity index (χ1n) is 6.47. The van der Waals surface area contributed by atoms with E-state index in [9.17, 15) is 14.4 Å². The molecule has 0 aromatic heterocycles. The Labute approximate surface area is 116 Å². The number of rotatable bonds is 6. The minimum absolute atomic E-state index is 0.0249. The standard InChI is InChI=1S/C12H20N2O4S/c1-2-9(11(16)17)19-7-10(15)14-12(18)13-8-5-3-4-6-8/h8-9H,2-7H2,1H3,(H,16,17)(H2,13,14,15,18). The fraction of sp³-hybridized carbons (Fsp3) is 0.750. The SMILES string of the molecule is CCC(SCC(=O)NC(=O)NC1CCCC1)C(=O)O. The van der Waals surface area contributed by atoms with Gasteiger partial charge in [0.1, 0.15) is 5.25 Å². The number of imide groups is 1. The third-order valence-electron chi connectivity index (χ3n) is 3.01. The van der Waals surface area contributed by atoms with Gasteiger partial charge in [-0.2, -0.15) is 0 Å². The van der Waals surface area contributed by atoms with Crippen LogP contribution >= 0.6 is 11.8 Å². The molecule has 0 heterocycles. The number of carbonyl (C=O) groups is 3. The highest BCUT2D eigenvalue weighted by atomic mass is 32.2. The van der Waals surface area contributed by atoms with Crippen molar-refractivity contribution in [1.82, 2.24) is 10.6 Å². The van der Waals surface area contributed by atoms with Crippen LogP contribution in [0.1, 0.15) is 39.0 Å². The Hall–Kier alpha value is -1.24. The van der Waals surface area contributed by atoms with E-state index in [-0.39, 0.29) is 11.8 Å². The van der Waals surface area contributed by atoms with Gasteiger partial charge >= 0.3 is 12.0 Å². The summed E-state index contributed by atoms with van der Waals surface area (Å²) in [5.74, 6) is -1.42. The van der Waals surface area contributed by atoms with Gasteiger partial charge in [-0.05, 0) is 19.3 Å². The number of carbonyl (C=O) groups excluding carboxylic acids is 2. The topological polar surface area (TPSA) is 95.5 Å². The lowest BCUT2D eigenvalue weighted by Crippen LogP contribution is -2.44. The zero-order chi connectivity index (χ0) is 14.3. The van der Waals surface area contributed by atoms with Gasteiger partial charge in [0.25, 0.3) is 0 Å². The number of nitrogens with one attached hydrogen (secondary N) is 2. The Morgan fingerprint density at radius 2 is 1.95 bits per heavy atom. The molecule has 108 valence electrons. The minimum Gasteiger partial charge on any atom is -0.480 e.